The second-order valence-electron chi connectivity index (χ2n) is 7.38. The Balaban J connectivity index is 1.76. The van der Waals surface area contributed by atoms with Crippen LogP contribution in [0.15, 0.2) is 53.3 Å². The van der Waals surface area contributed by atoms with Gasteiger partial charge in [-0.25, -0.2) is 9.07 Å². The van der Waals surface area contributed by atoms with E-state index in [0.29, 0.717) is 22.6 Å². The number of ether oxygens (including phenoxy) is 2. The van der Waals surface area contributed by atoms with Crippen LogP contribution < -0.4 is 15.0 Å². The predicted molar refractivity (Wildman–Crippen MR) is 119 cm³/mol. The number of nitrogens with zero attached hydrogens (tertiary/aromatic N) is 3. The molecule has 0 saturated heterocycles. The monoisotopic (exact) mass is 435 g/mol. The quantitative estimate of drug-likeness (QED) is 0.431. The minimum atomic E-state index is -0.448. The van der Waals surface area contributed by atoms with Crippen molar-refractivity contribution in [2.24, 2.45) is 7.05 Å². The van der Waals surface area contributed by atoms with Crippen molar-refractivity contribution in [3.63, 3.8) is 0 Å². The number of aryl methyl sites for hydroxylation is 1. The molecule has 0 unspecified atom stereocenters. The molecule has 0 N–H and O–H groups in total. The third kappa shape index (κ3) is 3.64. The van der Waals surface area contributed by atoms with Crippen LogP contribution >= 0.6 is 0 Å². The van der Waals surface area contributed by atoms with E-state index in [1.165, 1.54) is 37.4 Å². The van der Waals surface area contributed by atoms with Crippen LogP contribution in [-0.4, -0.2) is 34.4 Å². The number of benzene rings is 2. The van der Waals surface area contributed by atoms with Gasteiger partial charge in [0, 0.05) is 46.9 Å². The first-order valence-corrected chi connectivity index (χ1v) is 9.92. The number of Topliss-reactive ketones (excluding diaryl/α,β-unsaturated/α-hetero) is 1. The van der Waals surface area contributed by atoms with Crippen molar-refractivity contribution in [2.75, 3.05) is 14.2 Å². The molecule has 8 heteroatoms. The number of halogens is 1. The largest absolute Gasteiger partial charge is 0.497 e. The first-order chi connectivity index (χ1) is 15.3. The van der Waals surface area contributed by atoms with Gasteiger partial charge in [0.15, 0.2) is 5.78 Å². The topological polar surface area (TPSA) is 75.4 Å². The molecule has 32 heavy (non-hydrogen) atoms. The van der Waals surface area contributed by atoms with Crippen LogP contribution in [0.5, 0.6) is 11.5 Å². The molecule has 0 aliphatic heterocycles. The summed E-state index contributed by atoms with van der Waals surface area (Å²) >= 11 is 0. The van der Waals surface area contributed by atoms with E-state index in [0.717, 1.165) is 21.3 Å². The lowest BCUT2D eigenvalue weighted by Gasteiger charge is -2.10. The summed E-state index contributed by atoms with van der Waals surface area (Å²) in [5.41, 5.74) is 2.67. The van der Waals surface area contributed by atoms with Crippen molar-refractivity contribution in [3.05, 3.63) is 76.0 Å². The molecule has 2 aromatic heterocycles. The summed E-state index contributed by atoms with van der Waals surface area (Å²) in [6.45, 7) is 1.61. The second-order valence-corrected chi connectivity index (χ2v) is 7.38. The first kappa shape index (κ1) is 21.3. The minimum Gasteiger partial charge on any atom is -0.497 e. The summed E-state index contributed by atoms with van der Waals surface area (Å²) in [4.78, 5) is 25.8. The number of hydrogen-bond acceptors (Lipinski definition) is 5. The molecule has 164 valence electrons. The van der Waals surface area contributed by atoms with Gasteiger partial charge in [0.05, 0.1) is 19.9 Å². The van der Waals surface area contributed by atoms with Crippen molar-refractivity contribution < 1.29 is 18.7 Å². The molecule has 0 amide bonds. The fourth-order valence-corrected chi connectivity index (χ4v) is 3.83. The third-order valence-electron chi connectivity index (χ3n) is 5.58. The van der Waals surface area contributed by atoms with Gasteiger partial charge in [-0.3, -0.25) is 9.59 Å². The van der Waals surface area contributed by atoms with Crippen molar-refractivity contribution in [3.8, 4) is 22.8 Å². The van der Waals surface area contributed by atoms with E-state index in [9.17, 15) is 14.0 Å². The van der Waals surface area contributed by atoms with Gasteiger partial charge in [0.2, 0.25) is 0 Å². The Bertz CT molecular complexity index is 1400. The third-order valence-corrected chi connectivity index (χ3v) is 5.58. The van der Waals surface area contributed by atoms with E-state index < -0.39 is 11.4 Å². The van der Waals surface area contributed by atoms with E-state index in [1.54, 1.807) is 7.11 Å². The lowest BCUT2D eigenvalue weighted by atomic mass is 10.1. The molecule has 0 fully saturated rings. The van der Waals surface area contributed by atoms with E-state index in [4.69, 9.17) is 9.47 Å². The molecule has 0 bridgehead atoms. The lowest BCUT2D eigenvalue weighted by molar-refractivity contribution is 0.0966. The highest BCUT2D eigenvalue weighted by molar-refractivity contribution is 6.09. The Morgan fingerprint density at radius 3 is 2.56 bits per heavy atom. The Kier molecular flexibility index (Phi) is 5.52. The average Bonchev–Trinajstić information content (AvgIpc) is 3.04. The van der Waals surface area contributed by atoms with Crippen molar-refractivity contribution >= 4 is 16.7 Å². The summed E-state index contributed by atoms with van der Waals surface area (Å²) in [5, 5.41) is 5.09. The lowest BCUT2D eigenvalue weighted by Crippen LogP contribution is -2.26. The van der Waals surface area contributed by atoms with Crippen molar-refractivity contribution in [2.45, 2.75) is 13.5 Å². The van der Waals surface area contributed by atoms with Gasteiger partial charge in [-0.1, -0.05) is 0 Å². The van der Waals surface area contributed by atoms with Crippen LogP contribution in [0.2, 0.25) is 0 Å². The molecule has 0 atom stereocenters. The Morgan fingerprint density at radius 2 is 1.84 bits per heavy atom. The fourth-order valence-electron chi connectivity index (χ4n) is 3.83. The number of carbonyl (C=O) groups excluding carboxylic acids is 1. The average molecular weight is 435 g/mol. The van der Waals surface area contributed by atoms with Gasteiger partial charge >= 0.3 is 0 Å². The number of carbonyl (C=O) groups is 1. The van der Waals surface area contributed by atoms with Crippen molar-refractivity contribution in [1.82, 2.24) is 14.3 Å². The summed E-state index contributed by atoms with van der Waals surface area (Å²) in [6, 6.07) is 12.4. The number of hydrogen-bond donors (Lipinski definition) is 0. The molecule has 4 rings (SSSR count). The molecule has 0 saturated carbocycles. The van der Waals surface area contributed by atoms with E-state index in [2.05, 4.69) is 5.10 Å². The first-order valence-electron chi connectivity index (χ1n) is 9.92. The second kappa shape index (κ2) is 8.30. The minimum absolute atomic E-state index is 0.243. The number of ketones is 1. The highest BCUT2D eigenvalue weighted by Gasteiger charge is 2.20. The van der Waals surface area contributed by atoms with Gasteiger partial charge in [-0.2, -0.15) is 5.10 Å². The van der Waals surface area contributed by atoms with Gasteiger partial charge in [-0.05, 0) is 43.3 Å². The molecular formula is C24H22FN3O4. The highest BCUT2D eigenvalue weighted by atomic mass is 19.1. The van der Waals surface area contributed by atoms with Crippen LogP contribution in [-0.2, 0) is 13.6 Å². The maximum absolute atomic E-state index is 13.6. The molecule has 0 aliphatic rings. The summed E-state index contributed by atoms with van der Waals surface area (Å²) in [7, 11) is 4.87. The zero-order valence-corrected chi connectivity index (χ0v) is 18.2. The van der Waals surface area contributed by atoms with Gasteiger partial charge in [0.25, 0.3) is 5.56 Å². The predicted octanol–water partition coefficient (Wildman–Crippen LogP) is 3.75. The van der Waals surface area contributed by atoms with Crippen LogP contribution in [0.25, 0.3) is 22.2 Å². The summed E-state index contributed by atoms with van der Waals surface area (Å²) in [5.74, 6) is 0.221. The van der Waals surface area contributed by atoms with Crippen LogP contribution in [0.4, 0.5) is 4.39 Å². The molecule has 4 aromatic rings. The normalized spacial score (nSPS) is 11.0. The van der Waals surface area contributed by atoms with Gasteiger partial charge in [-0.15, -0.1) is 0 Å². The molecule has 7 nitrogen and oxygen atoms in total. The maximum Gasteiger partial charge on any atom is 0.267 e. The molecule has 2 heterocycles. The highest BCUT2D eigenvalue weighted by Crippen LogP contribution is 2.30. The van der Waals surface area contributed by atoms with Gasteiger partial charge < -0.3 is 14.0 Å². The molecule has 0 aliphatic carbocycles. The number of rotatable bonds is 6. The van der Waals surface area contributed by atoms with E-state index in [-0.39, 0.29) is 18.1 Å². The smallest absolute Gasteiger partial charge is 0.267 e. The Labute approximate surface area is 183 Å². The van der Waals surface area contributed by atoms with Gasteiger partial charge in [0.1, 0.15) is 23.9 Å². The Hall–Kier alpha value is -3.94. The molecule has 0 spiro atoms. The fraction of sp³-hybridized carbons (Fsp3) is 0.208. The molecular weight excluding hydrogens is 413 g/mol. The maximum atomic E-state index is 13.6. The zero-order chi connectivity index (χ0) is 23.0. The van der Waals surface area contributed by atoms with Crippen molar-refractivity contribution in [1.29, 1.82) is 0 Å². The van der Waals surface area contributed by atoms with E-state index >= 15 is 0 Å². The molecule has 0 radical (unpaired) electrons. The van der Waals surface area contributed by atoms with Crippen LogP contribution in [0.3, 0.4) is 0 Å². The van der Waals surface area contributed by atoms with E-state index in [1.807, 2.05) is 36.7 Å². The van der Waals surface area contributed by atoms with Crippen LogP contribution in [0.1, 0.15) is 16.1 Å². The Morgan fingerprint density at radius 1 is 1.06 bits per heavy atom. The summed E-state index contributed by atoms with van der Waals surface area (Å²) in [6.07, 6.45) is 0. The number of aromatic nitrogens is 3. The summed E-state index contributed by atoms with van der Waals surface area (Å²) < 4.78 is 27.2. The SMILES string of the molecule is COc1ccc2c(c1)c(C(=O)Cn1nc(-c3ccc(F)cc3OC)ccc1=O)c(C)n2C. The standard InChI is InChI=1S/C24H22FN3O4/c1-14-24(18-12-16(31-3)6-9-20(18)27(14)2)21(29)13-28-23(30)10-8-19(26-28)17-7-5-15(25)11-22(17)32-4/h5-12H,13H2,1-4H3. The molecule has 2 aromatic carbocycles. The zero-order valence-electron chi connectivity index (χ0n) is 18.2. The number of fused-ring (bicyclic) bond motifs is 1. The van der Waals surface area contributed by atoms with Crippen LogP contribution in [0, 0.1) is 12.7 Å². The number of methoxy groups -OCH3 is 2.